The number of hydrogen-bond acceptors (Lipinski definition) is 4. The third kappa shape index (κ3) is 3.45. The van der Waals surface area contributed by atoms with Crippen molar-refractivity contribution >= 4 is 44.8 Å². The van der Waals surface area contributed by atoms with Gasteiger partial charge in [0.25, 0.3) is 0 Å². The highest BCUT2D eigenvalue weighted by Gasteiger charge is 2.42. The average Bonchev–Trinajstić information content (AvgIpc) is 3.20. The largest absolute Gasteiger partial charge is 0.497 e. The molecule has 30 heavy (non-hydrogen) atoms. The molecule has 0 N–H and O–H groups in total. The summed E-state index contributed by atoms with van der Waals surface area (Å²) in [6.45, 7) is 0. The van der Waals surface area contributed by atoms with E-state index in [1.807, 2.05) is 47.5 Å². The van der Waals surface area contributed by atoms with Crippen molar-refractivity contribution in [2.45, 2.75) is 18.7 Å². The Morgan fingerprint density at radius 1 is 1.07 bits per heavy atom. The van der Waals surface area contributed by atoms with E-state index in [9.17, 15) is 0 Å². The number of benzene rings is 3. The van der Waals surface area contributed by atoms with Crippen LogP contribution in [0.1, 0.15) is 35.4 Å². The van der Waals surface area contributed by atoms with Crippen molar-refractivity contribution in [2.24, 2.45) is 5.10 Å². The van der Waals surface area contributed by atoms with Gasteiger partial charge in [-0.25, -0.2) is 5.01 Å². The first-order valence-corrected chi connectivity index (χ1v) is 11.0. The average molecular weight is 504 g/mol. The zero-order chi connectivity index (χ0) is 20.8. The van der Waals surface area contributed by atoms with Gasteiger partial charge in [0.1, 0.15) is 11.5 Å². The van der Waals surface area contributed by atoms with Crippen molar-refractivity contribution in [2.75, 3.05) is 7.11 Å². The van der Waals surface area contributed by atoms with E-state index in [1.54, 1.807) is 13.2 Å². The molecule has 0 saturated carbocycles. The number of hydrogen-bond donors (Lipinski definition) is 0. The molecule has 0 unspecified atom stereocenters. The predicted octanol–water partition coefficient (Wildman–Crippen LogP) is 7.01. The number of methoxy groups -OCH3 is 1. The molecule has 3 aromatic rings. The minimum atomic E-state index is -0.403. The lowest BCUT2D eigenvalue weighted by Gasteiger charge is -2.38. The normalized spacial score (nSPS) is 19.6. The SMILES string of the molecule is COc1ccc([C@@H]2Oc3c(Cl)cc(Cl)cc3[C@@H]3CC(c4ccc(Br)cc4)=NN32)cc1. The van der Waals surface area contributed by atoms with Crippen LogP contribution in [0.4, 0.5) is 0 Å². The van der Waals surface area contributed by atoms with Crippen molar-refractivity contribution in [1.82, 2.24) is 5.01 Å². The number of hydrazone groups is 1. The second-order valence-corrected chi connectivity index (χ2v) is 8.96. The van der Waals surface area contributed by atoms with E-state index < -0.39 is 6.23 Å². The van der Waals surface area contributed by atoms with Gasteiger partial charge in [0.2, 0.25) is 6.23 Å². The van der Waals surface area contributed by atoms with E-state index in [1.165, 1.54) is 0 Å². The van der Waals surface area contributed by atoms with Crippen molar-refractivity contribution in [3.05, 3.63) is 91.9 Å². The molecule has 0 spiro atoms. The minimum absolute atomic E-state index is 0.0179. The summed E-state index contributed by atoms with van der Waals surface area (Å²) >= 11 is 16.3. The quantitative estimate of drug-likeness (QED) is 0.385. The van der Waals surface area contributed by atoms with Crippen LogP contribution < -0.4 is 9.47 Å². The highest BCUT2D eigenvalue weighted by molar-refractivity contribution is 9.10. The fourth-order valence-electron chi connectivity index (χ4n) is 3.92. The molecule has 3 aromatic carbocycles. The summed E-state index contributed by atoms with van der Waals surface area (Å²) < 4.78 is 12.7. The Morgan fingerprint density at radius 3 is 2.50 bits per heavy atom. The summed E-state index contributed by atoms with van der Waals surface area (Å²) in [7, 11) is 1.65. The van der Waals surface area contributed by atoms with Crippen molar-refractivity contribution in [3.63, 3.8) is 0 Å². The third-order valence-electron chi connectivity index (χ3n) is 5.39. The first-order valence-electron chi connectivity index (χ1n) is 9.45. The maximum absolute atomic E-state index is 6.52. The lowest BCUT2D eigenvalue weighted by Crippen LogP contribution is -2.33. The summed E-state index contributed by atoms with van der Waals surface area (Å²) in [5, 5.41) is 8.06. The molecule has 0 aliphatic carbocycles. The summed E-state index contributed by atoms with van der Waals surface area (Å²) in [4.78, 5) is 0. The van der Waals surface area contributed by atoms with E-state index in [-0.39, 0.29) is 6.04 Å². The molecule has 5 rings (SSSR count). The monoisotopic (exact) mass is 502 g/mol. The highest BCUT2D eigenvalue weighted by atomic mass is 79.9. The molecule has 152 valence electrons. The van der Waals surface area contributed by atoms with Crippen LogP contribution in [0.2, 0.25) is 10.0 Å². The molecule has 2 heterocycles. The fourth-order valence-corrected chi connectivity index (χ4v) is 4.74. The molecular weight excluding hydrogens is 487 g/mol. The fraction of sp³-hybridized carbons (Fsp3) is 0.174. The van der Waals surface area contributed by atoms with Gasteiger partial charge in [0.15, 0.2) is 0 Å². The molecule has 0 aromatic heterocycles. The van der Waals surface area contributed by atoms with Crippen LogP contribution in [0.5, 0.6) is 11.5 Å². The number of rotatable bonds is 3. The maximum atomic E-state index is 6.52. The van der Waals surface area contributed by atoms with Gasteiger partial charge < -0.3 is 9.47 Å². The Kier molecular flexibility index (Phi) is 5.13. The second kappa shape index (κ2) is 7.80. The highest BCUT2D eigenvalue weighted by Crippen LogP contribution is 2.50. The van der Waals surface area contributed by atoms with Gasteiger partial charge in [-0.05, 0) is 54.1 Å². The van der Waals surface area contributed by atoms with Gasteiger partial charge >= 0.3 is 0 Å². The zero-order valence-corrected chi connectivity index (χ0v) is 19.1. The molecule has 2 aliphatic rings. The van der Waals surface area contributed by atoms with Crippen LogP contribution >= 0.6 is 39.1 Å². The molecule has 0 radical (unpaired) electrons. The van der Waals surface area contributed by atoms with Crippen molar-refractivity contribution in [3.8, 4) is 11.5 Å². The number of nitrogens with zero attached hydrogens (tertiary/aromatic N) is 2. The lowest BCUT2D eigenvalue weighted by atomic mass is 9.96. The Balaban J connectivity index is 1.60. The number of ether oxygens (including phenoxy) is 2. The van der Waals surface area contributed by atoms with Gasteiger partial charge in [-0.1, -0.05) is 51.3 Å². The molecule has 2 aliphatic heterocycles. The summed E-state index contributed by atoms with van der Waals surface area (Å²) in [5.41, 5.74) is 4.00. The summed E-state index contributed by atoms with van der Waals surface area (Å²) in [6.07, 6.45) is 0.335. The molecular formula is C23H17BrCl2N2O2. The zero-order valence-electron chi connectivity index (χ0n) is 16.0. The molecule has 0 saturated heterocycles. The standard InChI is InChI=1S/C23H17BrCl2N2O2/c1-29-17-8-4-14(5-9-17)23-28-21(18-10-16(25)11-19(26)22(18)30-23)12-20(27-28)13-2-6-15(24)7-3-13/h2-11,21,23H,12H2,1H3/t21-,23-/m0/s1. The van der Waals surface area contributed by atoms with Crippen molar-refractivity contribution < 1.29 is 9.47 Å². The van der Waals surface area contributed by atoms with E-state index in [2.05, 4.69) is 28.1 Å². The van der Waals surface area contributed by atoms with Crippen LogP contribution in [0.15, 0.2) is 70.2 Å². The molecule has 0 bridgehead atoms. The van der Waals surface area contributed by atoms with Gasteiger partial charge in [-0.2, -0.15) is 5.10 Å². The van der Waals surface area contributed by atoms with Crippen molar-refractivity contribution in [1.29, 1.82) is 0 Å². The Bertz CT molecular complexity index is 1130. The van der Waals surface area contributed by atoms with E-state index in [0.717, 1.165) is 39.0 Å². The number of fused-ring (bicyclic) bond motifs is 3. The van der Waals surface area contributed by atoms with Crippen LogP contribution in [0, 0.1) is 0 Å². The van der Waals surface area contributed by atoms with E-state index in [4.69, 9.17) is 37.8 Å². The summed E-state index contributed by atoms with van der Waals surface area (Å²) in [5.74, 6) is 1.45. The number of halogens is 3. The van der Waals surface area contributed by atoms with Crippen LogP contribution in [-0.2, 0) is 0 Å². The van der Waals surface area contributed by atoms with Gasteiger partial charge in [0, 0.05) is 27.0 Å². The van der Waals surface area contributed by atoms with Crippen LogP contribution in [0.25, 0.3) is 0 Å². The second-order valence-electron chi connectivity index (χ2n) is 7.20. The molecule has 2 atom stereocenters. The van der Waals surface area contributed by atoms with Gasteiger partial charge in [-0.3, -0.25) is 0 Å². The first-order chi connectivity index (χ1) is 14.5. The van der Waals surface area contributed by atoms with E-state index >= 15 is 0 Å². The van der Waals surface area contributed by atoms with E-state index in [0.29, 0.717) is 15.8 Å². The smallest absolute Gasteiger partial charge is 0.213 e. The molecule has 4 nitrogen and oxygen atoms in total. The Hall–Kier alpha value is -2.21. The third-order valence-corrected chi connectivity index (χ3v) is 6.41. The molecule has 7 heteroatoms. The molecule has 0 amide bonds. The molecule has 0 fully saturated rings. The lowest BCUT2D eigenvalue weighted by molar-refractivity contribution is -0.0189. The van der Waals surface area contributed by atoms with Gasteiger partial charge in [-0.15, -0.1) is 0 Å². The minimum Gasteiger partial charge on any atom is -0.497 e. The predicted molar refractivity (Wildman–Crippen MR) is 123 cm³/mol. The Morgan fingerprint density at radius 2 is 1.80 bits per heavy atom. The van der Waals surface area contributed by atoms with Crippen LogP contribution in [-0.4, -0.2) is 17.8 Å². The van der Waals surface area contributed by atoms with Gasteiger partial charge in [0.05, 0.1) is 23.9 Å². The maximum Gasteiger partial charge on any atom is 0.213 e. The summed E-state index contributed by atoms with van der Waals surface area (Å²) in [6, 6.07) is 19.6. The van der Waals surface area contributed by atoms with Crippen LogP contribution in [0.3, 0.4) is 0 Å². The first kappa shape index (κ1) is 19.7. The topological polar surface area (TPSA) is 34.1 Å². The Labute approximate surface area is 193 Å².